The standard InChI is InChI=1S/C45H52N2O15/c1-19-11-10-12-20(2)43(56)47-34-28(18-46-26-13-14-27(44(57)58)29(49)17-26)38(53)31-32(39(34)54)37(52)24(6)41-33(31)42(55)45(8,62-41)60-16-15-30(59-9)21(3)40(61-25(7)48)23(5)36(51)22(4)35(19)50/h10-19,21-23,30,35-36,40,49-54H,1-9H3,(H,47,56)(H,57,58)/b11-10+,16-15+,20-12-,46-18?/t19-,21-,22-,23-,30+,35-,36+,40-,45+/m1/s1. The van der Waals surface area contributed by atoms with Gasteiger partial charge in [0.05, 0.1) is 52.5 Å². The highest BCUT2D eigenvalue weighted by molar-refractivity contribution is 6.24. The SMILES string of the molecule is CO[C@H]1/C=C/O[C@@]2(C)Oc3c(C)c(O)c4c(O)c(c(C=Nc5ccc(C(=O)O)c(O)c5)c(O)c4c3C2=O)NC(=O)/C(C)=C\C=C\[C@@H](C)[C@@H](O)[C@@H](C)[C@H](O)[C@@H](C)[C@H](OC(C)=O)[C@@H]1C. The molecule has 17 heteroatoms. The molecule has 332 valence electrons. The molecule has 0 aliphatic carbocycles. The normalized spacial score (nSPS) is 29.1. The number of aliphatic imine (C=N–C) groups is 1. The van der Waals surface area contributed by atoms with Gasteiger partial charge in [0.25, 0.3) is 11.7 Å². The van der Waals surface area contributed by atoms with Crippen molar-refractivity contribution >= 4 is 52.0 Å². The second-order valence-corrected chi connectivity index (χ2v) is 15.9. The number of aliphatic hydroxyl groups is 2. The number of hydrogen-bond acceptors (Lipinski definition) is 15. The molecule has 3 aromatic rings. The van der Waals surface area contributed by atoms with Gasteiger partial charge in [-0.3, -0.25) is 19.4 Å². The number of phenolic OH excluding ortho intramolecular Hbond substituents is 3. The van der Waals surface area contributed by atoms with Gasteiger partial charge in [-0.25, -0.2) is 4.79 Å². The number of fused-ring (bicyclic) bond motifs is 14. The smallest absolute Gasteiger partial charge is 0.339 e. The Bertz CT molecular complexity index is 2420. The number of amides is 1. The summed E-state index contributed by atoms with van der Waals surface area (Å²) in [6, 6.07) is 3.38. The van der Waals surface area contributed by atoms with Crippen molar-refractivity contribution in [3.05, 3.63) is 76.6 Å². The maximum atomic E-state index is 14.4. The number of carboxylic acid groups (broad SMARTS) is 1. The van der Waals surface area contributed by atoms with Gasteiger partial charge in [0, 0.05) is 73.4 Å². The number of ketones is 1. The molecule has 1 amide bonds. The van der Waals surface area contributed by atoms with Crippen LogP contribution < -0.4 is 10.1 Å². The molecule has 9 atom stereocenters. The third-order valence-corrected chi connectivity index (χ3v) is 11.6. The Kier molecular flexibility index (Phi) is 13.7. The Morgan fingerprint density at radius 2 is 1.60 bits per heavy atom. The fourth-order valence-electron chi connectivity index (χ4n) is 7.79. The summed E-state index contributed by atoms with van der Waals surface area (Å²) in [5.41, 5.74) is -1.50. The number of nitrogens with one attached hydrogen (secondary N) is 1. The lowest BCUT2D eigenvalue weighted by molar-refractivity contribution is -0.160. The summed E-state index contributed by atoms with van der Waals surface area (Å²) in [5, 5.41) is 79.7. The van der Waals surface area contributed by atoms with Crippen LogP contribution in [0.5, 0.6) is 28.7 Å². The summed E-state index contributed by atoms with van der Waals surface area (Å²) in [6.07, 6.45) is 4.05. The molecule has 0 unspecified atom stereocenters. The summed E-state index contributed by atoms with van der Waals surface area (Å²) in [6.45, 7) is 12.1. The number of nitrogens with zero attached hydrogens (tertiary/aromatic N) is 1. The zero-order chi connectivity index (χ0) is 46.1. The molecular formula is C45H52N2O15. The van der Waals surface area contributed by atoms with E-state index in [0.717, 1.165) is 24.6 Å². The van der Waals surface area contributed by atoms with Crippen LogP contribution in [-0.4, -0.2) is 103 Å². The van der Waals surface area contributed by atoms with Gasteiger partial charge in [0.1, 0.15) is 34.7 Å². The molecule has 0 radical (unpaired) electrons. The van der Waals surface area contributed by atoms with Crippen LogP contribution in [0, 0.1) is 30.6 Å². The van der Waals surface area contributed by atoms with Crippen LogP contribution >= 0.6 is 0 Å². The third-order valence-electron chi connectivity index (χ3n) is 11.6. The van der Waals surface area contributed by atoms with E-state index in [2.05, 4.69) is 10.3 Å². The summed E-state index contributed by atoms with van der Waals surface area (Å²) < 4.78 is 23.4. The fraction of sp³-hybridized carbons (Fsp3) is 0.400. The minimum Gasteiger partial charge on any atom is -0.507 e. The Morgan fingerprint density at radius 3 is 2.21 bits per heavy atom. The lowest BCUT2D eigenvalue weighted by Gasteiger charge is -2.38. The molecule has 17 nitrogen and oxygen atoms in total. The van der Waals surface area contributed by atoms with E-state index in [0.29, 0.717) is 0 Å². The zero-order valence-electron chi connectivity index (χ0n) is 35.7. The van der Waals surface area contributed by atoms with Gasteiger partial charge in [0.2, 0.25) is 0 Å². The number of methoxy groups -OCH3 is 1. The first-order valence-corrected chi connectivity index (χ1v) is 19.7. The van der Waals surface area contributed by atoms with Crippen LogP contribution in [0.25, 0.3) is 10.8 Å². The van der Waals surface area contributed by atoms with Gasteiger partial charge in [-0.15, -0.1) is 0 Å². The molecule has 0 saturated carbocycles. The summed E-state index contributed by atoms with van der Waals surface area (Å²) >= 11 is 0. The van der Waals surface area contributed by atoms with E-state index < -0.39 is 123 Å². The number of anilines is 1. The molecule has 0 spiro atoms. The van der Waals surface area contributed by atoms with E-state index >= 15 is 0 Å². The maximum absolute atomic E-state index is 14.4. The summed E-state index contributed by atoms with van der Waals surface area (Å²) in [7, 11) is 1.40. The second-order valence-electron chi connectivity index (χ2n) is 15.9. The van der Waals surface area contributed by atoms with E-state index in [1.807, 2.05) is 0 Å². The van der Waals surface area contributed by atoms with Crippen molar-refractivity contribution in [2.45, 2.75) is 85.6 Å². The van der Waals surface area contributed by atoms with Crippen molar-refractivity contribution in [1.82, 2.24) is 0 Å². The van der Waals surface area contributed by atoms with Crippen LogP contribution in [0.2, 0.25) is 0 Å². The van der Waals surface area contributed by atoms with Crippen molar-refractivity contribution in [2.24, 2.45) is 28.7 Å². The number of benzene rings is 3. The maximum Gasteiger partial charge on any atom is 0.339 e. The molecule has 6 rings (SSSR count). The van der Waals surface area contributed by atoms with Gasteiger partial charge in [-0.1, -0.05) is 45.9 Å². The monoisotopic (exact) mass is 860 g/mol. The number of aliphatic hydroxyl groups excluding tert-OH is 2. The fourth-order valence-corrected chi connectivity index (χ4v) is 7.79. The highest BCUT2D eigenvalue weighted by Gasteiger charge is 2.50. The molecular weight excluding hydrogens is 808 g/mol. The number of aromatic hydroxyl groups is 4. The number of rotatable bonds is 5. The van der Waals surface area contributed by atoms with Crippen molar-refractivity contribution in [2.75, 3.05) is 12.4 Å². The molecule has 0 aromatic heterocycles. The van der Waals surface area contributed by atoms with Gasteiger partial charge in [-0.2, -0.15) is 0 Å². The summed E-state index contributed by atoms with van der Waals surface area (Å²) in [5.74, 6) is -11.4. The first kappa shape index (κ1) is 46.6. The Morgan fingerprint density at radius 1 is 0.919 bits per heavy atom. The second kappa shape index (κ2) is 18.3. The molecule has 5 bridgehead atoms. The molecule has 0 fully saturated rings. The van der Waals surface area contributed by atoms with Crippen molar-refractivity contribution in [3.63, 3.8) is 0 Å². The predicted octanol–water partition coefficient (Wildman–Crippen LogP) is 5.91. The number of esters is 1. The van der Waals surface area contributed by atoms with Crippen LogP contribution in [0.1, 0.15) is 80.3 Å². The van der Waals surface area contributed by atoms with Gasteiger partial charge in [0.15, 0.2) is 5.75 Å². The van der Waals surface area contributed by atoms with E-state index in [4.69, 9.17) is 18.9 Å². The number of hydrogen-bond donors (Lipinski definition) is 8. The highest BCUT2D eigenvalue weighted by atomic mass is 16.7. The van der Waals surface area contributed by atoms with Gasteiger partial charge < -0.3 is 60.0 Å². The Labute approximate surface area is 357 Å². The van der Waals surface area contributed by atoms with E-state index in [9.17, 15) is 54.9 Å². The van der Waals surface area contributed by atoms with Crippen LogP contribution in [0.15, 0.2) is 59.3 Å². The van der Waals surface area contributed by atoms with E-state index in [-0.39, 0.29) is 33.7 Å². The minimum atomic E-state index is -2.14. The molecule has 62 heavy (non-hydrogen) atoms. The topological polar surface area (TPSA) is 271 Å². The quantitative estimate of drug-likeness (QED) is 0.0641. The molecule has 3 aromatic carbocycles. The first-order chi connectivity index (χ1) is 29.1. The minimum absolute atomic E-state index is 0.00995. The number of ether oxygens (including phenoxy) is 4. The highest BCUT2D eigenvalue weighted by Crippen LogP contribution is 2.55. The largest absolute Gasteiger partial charge is 0.507 e. The number of carbonyl (C=O) groups is 4. The average Bonchev–Trinajstić information content (AvgIpc) is 3.48. The lowest BCUT2D eigenvalue weighted by atomic mass is 9.78. The average molecular weight is 861 g/mol. The molecule has 0 saturated heterocycles. The molecule has 8 N–H and O–H groups in total. The van der Waals surface area contributed by atoms with Crippen LogP contribution in [-0.2, 0) is 23.8 Å². The zero-order valence-corrected chi connectivity index (χ0v) is 35.7. The number of carboxylic acids is 1. The molecule has 3 aliphatic heterocycles. The predicted molar refractivity (Wildman–Crippen MR) is 226 cm³/mol. The summed E-state index contributed by atoms with van der Waals surface area (Å²) in [4.78, 5) is 56.2. The lowest BCUT2D eigenvalue weighted by Crippen LogP contribution is -2.46. The van der Waals surface area contributed by atoms with Gasteiger partial charge in [-0.05, 0) is 32.1 Å². The number of allylic oxidation sites excluding steroid dienone is 2. The number of carbonyl (C=O) groups excluding carboxylic acids is 3. The molecule has 3 aliphatic rings. The van der Waals surface area contributed by atoms with Crippen molar-refractivity contribution in [3.8, 4) is 28.7 Å². The first-order valence-electron chi connectivity index (χ1n) is 19.7. The van der Waals surface area contributed by atoms with E-state index in [1.54, 1.807) is 33.8 Å². The van der Waals surface area contributed by atoms with Crippen molar-refractivity contribution in [1.29, 1.82) is 0 Å². The molecule has 3 heterocycles. The van der Waals surface area contributed by atoms with E-state index in [1.165, 1.54) is 59.1 Å². The number of aromatic carboxylic acids is 1. The third kappa shape index (κ3) is 8.82. The van der Waals surface area contributed by atoms with Crippen LogP contribution in [0.3, 0.4) is 0 Å². The number of phenols is 4. The van der Waals surface area contributed by atoms with Crippen molar-refractivity contribution < 1.29 is 73.9 Å². The Hall–Kier alpha value is -6.43. The Balaban J connectivity index is 1.74. The number of Topliss-reactive ketones (excluding diaryl/α,β-unsaturated/α-hetero) is 1. The van der Waals surface area contributed by atoms with Crippen LogP contribution in [0.4, 0.5) is 11.4 Å². The van der Waals surface area contributed by atoms with Gasteiger partial charge >= 0.3 is 17.7 Å².